The lowest BCUT2D eigenvalue weighted by atomic mass is 10.1. The zero-order valence-corrected chi connectivity index (χ0v) is 16.0. The minimum Gasteiger partial charge on any atom is -0.366 e. The predicted molar refractivity (Wildman–Crippen MR) is 110 cm³/mol. The average Bonchev–Trinajstić information content (AvgIpc) is 2.68. The van der Waals surface area contributed by atoms with Crippen molar-refractivity contribution in [2.24, 2.45) is 0 Å². The summed E-state index contributed by atoms with van der Waals surface area (Å²) in [5, 5.41) is 14.3. The second kappa shape index (κ2) is 8.30. The van der Waals surface area contributed by atoms with Gasteiger partial charge in [0, 0.05) is 49.6 Å². The Kier molecular flexibility index (Phi) is 5.84. The van der Waals surface area contributed by atoms with E-state index in [4.69, 9.17) is 12.2 Å². The maximum Gasteiger partial charge on any atom is 0.269 e. The van der Waals surface area contributed by atoms with Gasteiger partial charge in [-0.05, 0) is 49.5 Å². The van der Waals surface area contributed by atoms with Crippen molar-refractivity contribution in [2.75, 3.05) is 36.4 Å². The van der Waals surface area contributed by atoms with Gasteiger partial charge in [-0.3, -0.25) is 14.9 Å². The number of benzene rings is 2. The number of thiocarbonyl (C=S) groups is 1. The number of hydrogen-bond acceptors (Lipinski definition) is 5. The Balaban J connectivity index is 1.58. The van der Waals surface area contributed by atoms with E-state index in [-0.39, 0.29) is 11.5 Å². The molecule has 0 amide bonds. The number of nitro groups is 1. The lowest BCUT2D eigenvalue weighted by molar-refractivity contribution is -0.384. The van der Waals surface area contributed by atoms with Crippen molar-refractivity contribution in [3.8, 4) is 0 Å². The van der Waals surface area contributed by atoms with Crippen molar-refractivity contribution in [1.29, 1.82) is 0 Å². The van der Waals surface area contributed by atoms with Gasteiger partial charge in [-0.15, -0.1) is 0 Å². The van der Waals surface area contributed by atoms with E-state index in [9.17, 15) is 19.3 Å². The van der Waals surface area contributed by atoms with E-state index in [1.807, 2.05) is 9.80 Å². The highest BCUT2D eigenvalue weighted by Gasteiger charge is 2.21. The molecule has 0 aromatic heterocycles. The van der Waals surface area contributed by atoms with Crippen LogP contribution in [0.3, 0.4) is 0 Å². The van der Waals surface area contributed by atoms with Crippen molar-refractivity contribution in [3.63, 3.8) is 0 Å². The van der Waals surface area contributed by atoms with E-state index in [2.05, 4.69) is 5.32 Å². The molecule has 0 radical (unpaired) electrons. The summed E-state index contributed by atoms with van der Waals surface area (Å²) in [4.78, 5) is 25.5. The average molecular weight is 402 g/mol. The Morgan fingerprint density at radius 3 is 2.32 bits per heavy atom. The van der Waals surface area contributed by atoms with Crippen LogP contribution in [0.15, 0.2) is 42.5 Å². The minimum atomic E-state index is -0.455. The molecule has 0 saturated carbocycles. The Hall–Kier alpha value is -3.07. The van der Waals surface area contributed by atoms with Crippen LogP contribution in [-0.4, -0.2) is 46.9 Å². The van der Waals surface area contributed by atoms with Gasteiger partial charge < -0.3 is 15.1 Å². The van der Waals surface area contributed by atoms with Crippen LogP contribution in [0, 0.1) is 15.9 Å². The van der Waals surface area contributed by atoms with Gasteiger partial charge >= 0.3 is 0 Å². The number of hydrogen-bond donors (Lipinski definition) is 1. The molecule has 3 rings (SSSR count). The number of piperazine rings is 1. The fraction of sp³-hybridized carbons (Fsp3) is 0.263. The van der Waals surface area contributed by atoms with E-state index in [1.54, 1.807) is 24.3 Å². The number of carbonyl (C=O) groups excluding carboxylic acids is 1. The quantitative estimate of drug-likeness (QED) is 0.363. The number of nitrogens with zero attached hydrogens (tertiary/aromatic N) is 3. The Bertz CT molecular complexity index is 912. The third-order valence-corrected chi connectivity index (χ3v) is 4.95. The highest BCUT2D eigenvalue weighted by molar-refractivity contribution is 7.80. The second-order valence-corrected chi connectivity index (χ2v) is 6.82. The van der Waals surface area contributed by atoms with Gasteiger partial charge in [-0.2, -0.15) is 0 Å². The van der Waals surface area contributed by atoms with Crippen molar-refractivity contribution in [2.45, 2.75) is 6.92 Å². The summed E-state index contributed by atoms with van der Waals surface area (Å²) in [6.45, 7) is 3.78. The monoisotopic (exact) mass is 402 g/mol. The van der Waals surface area contributed by atoms with Crippen LogP contribution in [0.1, 0.15) is 17.3 Å². The number of ketones is 1. The van der Waals surface area contributed by atoms with E-state index in [0.717, 1.165) is 0 Å². The molecule has 2 aromatic carbocycles. The summed E-state index contributed by atoms with van der Waals surface area (Å²) in [5.74, 6) is -0.578. The van der Waals surface area contributed by atoms with Crippen LogP contribution in [0.2, 0.25) is 0 Å². The van der Waals surface area contributed by atoms with Crippen molar-refractivity contribution in [1.82, 2.24) is 4.90 Å². The number of rotatable bonds is 4. The molecule has 1 fully saturated rings. The summed E-state index contributed by atoms with van der Waals surface area (Å²) in [5.41, 5.74) is 1.51. The van der Waals surface area contributed by atoms with Gasteiger partial charge in [0.05, 0.1) is 10.6 Å². The molecular formula is C19H19FN4O3S. The molecule has 0 atom stereocenters. The summed E-state index contributed by atoms with van der Waals surface area (Å²) < 4.78 is 14.3. The normalized spacial score (nSPS) is 13.9. The van der Waals surface area contributed by atoms with E-state index < -0.39 is 10.7 Å². The Morgan fingerprint density at radius 2 is 1.79 bits per heavy atom. The molecular weight excluding hydrogens is 383 g/mol. The number of nitrogens with one attached hydrogen (secondary N) is 1. The SMILES string of the molecule is CC(=O)c1ccc(N2CCN(C(=S)Nc3ccc([N+](=O)[O-])cc3)CC2)c(F)c1. The maximum absolute atomic E-state index is 14.3. The van der Waals surface area contributed by atoms with E-state index in [1.165, 1.54) is 25.1 Å². The molecule has 0 unspecified atom stereocenters. The number of Topliss-reactive ketones (excluding diaryl/α,β-unsaturated/α-hetero) is 1. The highest BCUT2D eigenvalue weighted by atomic mass is 32.1. The molecule has 0 aliphatic carbocycles. The smallest absolute Gasteiger partial charge is 0.269 e. The van der Waals surface area contributed by atoms with Crippen LogP contribution in [-0.2, 0) is 0 Å². The van der Waals surface area contributed by atoms with Gasteiger partial charge in [0.2, 0.25) is 0 Å². The number of carbonyl (C=O) groups is 1. The zero-order valence-electron chi connectivity index (χ0n) is 15.2. The summed E-state index contributed by atoms with van der Waals surface area (Å²) in [6, 6.07) is 10.6. The third-order valence-electron chi connectivity index (χ3n) is 4.59. The zero-order chi connectivity index (χ0) is 20.3. The number of nitro benzene ring substituents is 1. The summed E-state index contributed by atoms with van der Waals surface area (Å²) in [6.07, 6.45) is 0. The van der Waals surface area contributed by atoms with Crippen molar-refractivity contribution < 1.29 is 14.1 Å². The Labute approximate surface area is 166 Å². The van der Waals surface area contributed by atoms with Gasteiger partial charge in [-0.25, -0.2) is 4.39 Å². The van der Waals surface area contributed by atoms with Crippen LogP contribution in [0.5, 0.6) is 0 Å². The first-order chi connectivity index (χ1) is 13.3. The highest BCUT2D eigenvalue weighted by Crippen LogP contribution is 2.23. The largest absolute Gasteiger partial charge is 0.366 e. The number of halogens is 1. The molecule has 1 saturated heterocycles. The molecule has 146 valence electrons. The molecule has 7 nitrogen and oxygen atoms in total. The van der Waals surface area contributed by atoms with Crippen molar-refractivity contribution >= 4 is 40.2 Å². The predicted octanol–water partition coefficient (Wildman–Crippen LogP) is 3.46. The van der Waals surface area contributed by atoms with Crippen LogP contribution in [0.25, 0.3) is 0 Å². The van der Waals surface area contributed by atoms with Crippen molar-refractivity contribution in [3.05, 3.63) is 64.0 Å². The van der Waals surface area contributed by atoms with Gasteiger partial charge in [0.15, 0.2) is 10.9 Å². The topological polar surface area (TPSA) is 78.7 Å². The summed E-state index contributed by atoms with van der Waals surface area (Å²) in [7, 11) is 0. The second-order valence-electron chi connectivity index (χ2n) is 6.43. The van der Waals surface area contributed by atoms with Gasteiger partial charge in [-0.1, -0.05) is 0 Å². The molecule has 9 heteroatoms. The first-order valence-electron chi connectivity index (χ1n) is 8.71. The van der Waals surface area contributed by atoms with E-state index >= 15 is 0 Å². The molecule has 28 heavy (non-hydrogen) atoms. The fourth-order valence-electron chi connectivity index (χ4n) is 3.00. The molecule has 1 N–H and O–H groups in total. The third kappa shape index (κ3) is 4.42. The molecule has 0 spiro atoms. The summed E-state index contributed by atoms with van der Waals surface area (Å²) >= 11 is 5.42. The van der Waals surface area contributed by atoms with Crippen LogP contribution < -0.4 is 10.2 Å². The van der Waals surface area contributed by atoms with E-state index in [0.29, 0.717) is 48.2 Å². The molecule has 1 heterocycles. The first-order valence-corrected chi connectivity index (χ1v) is 9.12. The maximum atomic E-state index is 14.3. The fourth-order valence-corrected chi connectivity index (χ4v) is 3.30. The Morgan fingerprint density at radius 1 is 1.14 bits per heavy atom. The molecule has 1 aliphatic rings. The van der Waals surface area contributed by atoms with Gasteiger partial charge in [0.1, 0.15) is 5.82 Å². The number of non-ortho nitro benzene ring substituents is 1. The molecule has 2 aromatic rings. The lowest BCUT2D eigenvalue weighted by Gasteiger charge is -2.37. The van der Waals surface area contributed by atoms with Gasteiger partial charge in [0.25, 0.3) is 5.69 Å². The van der Waals surface area contributed by atoms with Crippen LogP contribution >= 0.6 is 12.2 Å². The standard InChI is InChI=1S/C19H19FN4O3S/c1-13(25)14-2-7-18(17(20)12-14)22-8-10-23(11-9-22)19(28)21-15-3-5-16(6-4-15)24(26)27/h2-7,12H,8-11H2,1H3,(H,21,28). The lowest BCUT2D eigenvalue weighted by Crippen LogP contribution is -2.50. The molecule has 0 bridgehead atoms. The molecule has 1 aliphatic heterocycles. The first kappa shape index (κ1) is 19.7. The number of anilines is 2. The van der Waals surface area contributed by atoms with Crippen LogP contribution in [0.4, 0.5) is 21.5 Å². The minimum absolute atomic E-state index is 0.0166.